The minimum Gasteiger partial charge on any atom is -0.309 e. The van der Waals surface area contributed by atoms with E-state index in [1.165, 1.54) is 60.2 Å². The summed E-state index contributed by atoms with van der Waals surface area (Å²) in [5, 5.41) is 7.54. The van der Waals surface area contributed by atoms with E-state index in [9.17, 15) is 0 Å². The van der Waals surface area contributed by atoms with E-state index in [1.807, 2.05) is 60.7 Å². The van der Waals surface area contributed by atoms with Crippen LogP contribution in [0.2, 0.25) is 0 Å². The van der Waals surface area contributed by atoms with Crippen LogP contribution in [0.15, 0.2) is 200 Å². The molecule has 0 aliphatic carbocycles. The molecule has 0 fully saturated rings. The lowest BCUT2D eigenvalue weighted by Gasteiger charge is -2.12. The third kappa shape index (κ3) is 5.00. The van der Waals surface area contributed by atoms with Crippen molar-refractivity contribution < 1.29 is 0 Å². The zero-order chi connectivity index (χ0) is 38.2. The highest BCUT2D eigenvalue weighted by Gasteiger charge is 2.20. The highest BCUT2D eigenvalue weighted by molar-refractivity contribution is 6.27. The number of hydrogen-bond donors (Lipinski definition) is 0. The fourth-order valence-corrected chi connectivity index (χ4v) is 8.94. The summed E-state index contributed by atoms with van der Waals surface area (Å²) in [6.07, 6.45) is 0. The molecular weight excluding hydrogens is 707 g/mol. The normalized spacial score (nSPS) is 11.8. The summed E-state index contributed by atoms with van der Waals surface area (Å²) >= 11 is 0. The molecule has 0 bridgehead atoms. The number of rotatable bonds is 6. The van der Waals surface area contributed by atoms with Gasteiger partial charge in [-0.05, 0) is 76.5 Å². The Kier molecular flexibility index (Phi) is 7.16. The van der Waals surface area contributed by atoms with E-state index in [4.69, 9.17) is 15.0 Å². The minimum absolute atomic E-state index is 0.631. The Hall–Kier alpha value is -7.89. The van der Waals surface area contributed by atoms with Gasteiger partial charge in [0.2, 0.25) is 0 Å². The van der Waals surface area contributed by atoms with Crippen molar-refractivity contribution in [1.82, 2.24) is 24.1 Å². The van der Waals surface area contributed by atoms with Crippen LogP contribution in [0.1, 0.15) is 0 Å². The molecule has 0 saturated heterocycles. The van der Waals surface area contributed by atoms with Gasteiger partial charge in [0.05, 0.1) is 22.1 Å². The summed E-state index contributed by atoms with van der Waals surface area (Å²) in [5.41, 5.74) is 12.2. The molecule has 9 aromatic carbocycles. The molecule has 0 unspecified atom stereocenters. The lowest BCUT2D eigenvalue weighted by atomic mass is 9.94. The van der Waals surface area contributed by atoms with Crippen LogP contribution < -0.4 is 0 Å². The van der Waals surface area contributed by atoms with Gasteiger partial charge in [-0.25, -0.2) is 15.0 Å². The first-order chi connectivity index (χ1) is 28.8. The van der Waals surface area contributed by atoms with Gasteiger partial charge in [-0.1, -0.05) is 146 Å². The molecule has 0 radical (unpaired) electrons. The molecule has 0 amide bonds. The first-order valence-electron chi connectivity index (χ1n) is 19.6. The number of aromatic nitrogens is 5. The van der Waals surface area contributed by atoms with Gasteiger partial charge >= 0.3 is 0 Å². The first-order valence-corrected chi connectivity index (χ1v) is 19.6. The first kappa shape index (κ1) is 32.4. The molecule has 12 aromatic rings. The lowest BCUT2D eigenvalue weighted by Crippen LogP contribution is -2.01. The van der Waals surface area contributed by atoms with Crippen molar-refractivity contribution in [1.29, 1.82) is 0 Å². The van der Waals surface area contributed by atoms with Gasteiger partial charge in [-0.2, -0.15) is 0 Å². The van der Waals surface area contributed by atoms with Gasteiger partial charge in [-0.15, -0.1) is 0 Å². The van der Waals surface area contributed by atoms with Crippen LogP contribution in [0, 0.1) is 0 Å². The number of benzene rings is 9. The maximum absolute atomic E-state index is 5.03. The fourth-order valence-electron chi connectivity index (χ4n) is 8.94. The van der Waals surface area contributed by atoms with Crippen molar-refractivity contribution in [3.63, 3.8) is 0 Å². The summed E-state index contributed by atoms with van der Waals surface area (Å²) < 4.78 is 4.77. The third-order valence-electron chi connectivity index (χ3n) is 11.5. The molecule has 58 heavy (non-hydrogen) atoms. The smallest absolute Gasteiger partial charge is 0.164 e. The summed E-state index contributed by atoms with van der Waals surface area (Å²) in [6, 6.07) is 70.9. The highest BCUT2D eigenvalue weighted by atomic mass is 15.0. The zero-order valence-corrected chi connectivity index (χ0v) is 31.3. The largest absolute Gasteiger partial charge is 0.309 e. The van der Waals surface area contributed by atoms with E-state index in [0.29, 0.717) is 17.5 Å². The Morgan fingerprint density at radius 3 is 1.60 bits per heavy atom. The maximum atomic E-state index is 5.03. The van der Waals surface area contributed by atoms with Crippen LogP contribution in [-0.2, 0) is 0 Å². The van der Waals surface area contributed by atoms with Crippen molar-refractivity contribution in [2.24, 2.45) is 0 Å². The molecule has 5 nitrogen and oxygen atoms in total. The molecule has 0 N–H and O–H groups in total. The highest BCUT2D eigenvalue weighted by Crippen LogP contribution is 2.44. The van der Waals surface area contributed by atoms with E-state index >= 15 is 0 Å². The standard InChI is InChI=1S/C53H33N5/c1-4-14-35(15-5-1)51-54-52(36-16-6-2-7-17-36)56-53(55-51)38-19-12-22-40(32-38)58-45-24-11-10-23-42(45)44-33-37(27-30-46(44)58)41-29-31-48-50-43(41)28-26-34-18-13-25-47(49(34)50)57(48)39-20-8-3-9-21-39/h1-33H. The van der Waals surface area contributed by atoms with Gasteiger partial charge in [0.25, 0.3) is 0 Å². The second kappa shape index (κ2) is 12.8. The third-order valence-corrected chi connectivity index (χ3v) is 11.5. The van der Waals surface area contributed by atoms with E-state index in [-0.39, 0.29) is 0 Å². The Bertz CT molecular complexity index is 3440. The van der Waals surface area contributed by atoms with Crippen LogP contribution in [0.3, 0.4) is 0 Å². The fraction of sp³-hybridized carbons (Fsp3) is 0. The average molecular weight is 740 g/mol. The number of para-hydroxylation sites is 2. The second-order valence-electron chi connectivity index (χ2n) is 14.8. The number of fused-ring (bicyclic) bond motifs is 3. The second-order valence-corrected chi connectivity index (χ2v) is 14.8. The molecule has 0 atom stereocenters. The summed E-state index contributed by atoms with van der Waals surface area (Å²) in [6.45, 7) is 0. The van der Waals surface area contributed by atoms with Gasteiger partial charge in [0.15, 0.2) is 17.5 Å². The Morgan fingerprint density at radius 1 is 0.293 bits per heavy atom. The predicted octanol–water partition coefficient (Wildman–Crippen LogP) is 13.3. The number of nitrogens with zero attached hydrogens (tertiary/aromatic N) is 5. The maximum Gasteiger partial charge on any atom is 0.164 e. The molecule has 0 aliphatic rings. The van der Waals surface area contributed by atoms with Crippen molar-refractivity contribution in [2.75, 3.05) is 0 Å². The van der Waals surface area contributed by atoms with Crippen molar-refractivity contribution in [3.05, 3.63) is 200 Å². The van der Waals surface area contributed by atoms with Gasteiger partial charge in [0.1, 0.15) is 0 Å². The number of hydrogen-bond acceptors (Lipinski definition) is 3. The van der Waals surface area contributed by atoms with Crippen LogP contribution in [-0.4, -0.2) is 24.1 Å². The van der Waals surface area contributed by atoms with E-state index in [1.54, 1.807) is 0 Å². The lowest BCUT2D eigenvalue weighted by molar-refractivity contribution is 1.07. The van der Waals surface area contributed by atoms with Crippen LogP contribution in [0.5, 0.6) is 0 Å². The Balaban J connectivity index is 1.02. The topological polar surface area (TPSA) is 48.5 Å². The van der Waals surface area contributed by atoms with Gasteiger partial charge in [0, 0.05) is 49.6 Å². The predicted molar refractivity (Wildman–Crippen MR) is 239 cm³/mol. The molecule has 0 spiro atoms. The molecular formula is C53H33N5. The summed E-state index contributed by atoms with van der Waals surface area (Å²) in [7, 11) is 0. The molecule has 3 heterocycles. The average Bonchev–Trinajstić information content (AvgIpc) is 3.82. The van der Waals surface area contributed by atoms with Crippen LogP contribution >= 0.6 is 0 Å². The van der Waals surface area contributed by atoms with Crippen LogP contribution in [0.25, 0.3) is 111 Å². The van der Waals surface area contributed by atoms with Crippen molar-refractivity contribution >= 4 is 54.4 Å². The SMILES string of the molecule is c1ccc(-c2nc(-c3ccccc3)nc(-c3cccc(-n4c5ccccc5c5cc(-c6ccc7c8c6ccc6cccc(c68)n7-c6ccccc6)ccc54)c3)n2)cc1. The zero-order valence-electron chi connectivity index (χ0n) is 31.3. The molecule has 0 saturated carbocycles. The minimum atomic E-state index is 0.631. The van der Waals surface area contributed by atoms with E-state index in [0.717, 1.165) is 33.4 Å². The van der Waals surface area contributed by atoms with Crippen molar-refractivity contribution in [3.8, 4) is 56.7 Å². The summed E-state index contributed by atoms with van der Waals surface area (Å²) in [5.74, 6) is 1.92. The van der Waals surface area contributed by atoms with E-state index in [2.05, 4.69) is 149 Å². The molecule has 12 rings (SSSR count). The Labute approximate surface area is 334 Å². The van der Waals surface area contributed by atoms with Gasteiger partial charge in [-0.3, -0.25) is 0 Å². The van der Waals surface area contributed by atoms with E-state index < -0.39 is 0 Å². The molecule has 5 heteroatoms. The quantitative estimate of drug-likeness (QED) is 0.160. The molecule has 270 valence electrons. The van der Waals surface area contributed by atoms with Gasteiger partial charge < -0.3 is 9.13 Å². The Morgan fingerprint density at radius 2 is 0.845 bits per heavy atom. The van der Waals surface area contributed by atoms with Crippen molar-refractivity contribution in [2.45, 2.75) is 0 Å². The van der Waals surface area contributed by atoms with Crippen LogP contribution in [0.4, 0.5) is 0 Å². The molecule has 0 aliphatic heterocycles. The monoisotopic (exact) mass is 739 g/mol. The molecule has 3 aromatic heterocycles. The summed E-state index contributed by atoms with van der Waals surface area (Å²) in [4.78, 5) is 15.0.